The van der Waals surface area contributed by atoms with Gasteiger partial charge < -0.3 is 4.74 Å². The first-order valence-electron chi connectivity index (χ1n) is 3.33. The van der Waals surface area contributed by atoms with Crippen molar-refractivity contribution in [3.63, 3.8) is 0 Å². The van der Waals surface area contributed by atoms with E-state index in [1.807, 2.05) is 13.8 Å². The van der Waals surface area contributed by atoms with Gasteiger partial charge in [0.15, 0.2) is 0 Å². The zero-order valence-electron chi connectivity index (χ0n) is 6.65. The molecule has 0 spiro atoms. The highest BCUT2D eigenvalue weighted by Crippen LogP contribution is 1.92. The Hall–Kier alpha value is -1.22. The largest absolute Gasteiger partial charge is 0.465 e. The maximum Gasteiger partial charge on any atom is 0.311 e. The van der Waals surface area contributed by atoms with Gasteiger partial charge in [-0.15, -0.1) is 0 Å². The highest BCUT2D eigenvalue weighted by atomic mass is 16.5. The van der Waals surface area contributed by atoms with Gasteiger partial charge in [-0.25, -0.2) is 0 Å². The molecule has 0 aliphatic heterocycles. The van der Waals surface area contributed by atoms with Crippen LogP contribution < -0.4 is 0 Å². The Balaban J connectivity index is 3.45. The summed E-state index contributed by atoms with van der Waals surface area (Å²) in [5.74, 6) is -0.165. The lowest BCUT2D eigenvalue weighted by Gasteiger charge is -2.04. The molecule has 5 heteroatoms. The van der Waals surface area contributed by atoms with E-state index in [9.17, 15) is 4.79 Å². The average molecular weight is 157 g/mol. The van der Waals surface area contributed by atoms with Gasteiger partial charge in [-0.05, 0) is 11.4 Å². The molecule has 0 rings (SSSR count). The van der Waals surface area contributed by atoms with Crippen molar-refractivity contribution in [3.05, 3.63) is 10.4 Å². The van der Waals surface area contributed by atoms with Gasteiger partial charge in [-0.3, -0.25) is 4.79 Å². The second-order valence-corrected chi connectivity index (χ2v) is 2.47. The van der Waals surface area contributed by atoms with Crippen LogP contribution in [0.1, 0.15) is 13.8 Å². The van der Waals surface area contributed by atoms with Gasteiger partial charge in [0, 0.05) is 4.91 Å². The molecule has 0 aromatic rings. The highest BCUT2D eigenvalue weighted by molar-refractivity contribution is 5.71. The molecular formula is C6H11N3O2. The number of carbonyl (C=O) groups is 1. The molecule has 0 aliphatic carbocycles. The number of hydrogen-bond donors (Lipinski definition) is 0. The number of azide groups is 1. The standard InChI is InChI=1S/C6H11N3O2/c1-5(2)4-11-6(10)3-8-9-7/h5H,3-4H2,1-2H3. The van der Waals surface area contributed by atoms with E-state index in [0.717, 1.165) is 0 Å². The second-order valence-electron chi connectivity index (χ2n) is 2.47. The highest BCUT2D eigenvalue weighted by Gasteiger charge is 2.01. The van der Waals surface area contributed by atoms with E-state index in [0.29, 0.717) is 12.5 Å². The van der Waals surface area contributed by atoms with Crippen LogP contribution in [0.15, 0.2) is 5.11 Å². The molecule has 0 fully saturated rings. The lowest BCUT2D eigenvalue weighted by molar-refractivity contribution is -0.142. The monoisotopic (exact) mass is 157 g/mol. The van der Waals surface area contributed by atoms with Crippen LogP contribution in [0, 0.1) is 5.92 Å². The molecule has 0 saturated carbocycles. The summed E-state index contributed by atoms with van der Waals surface area (Å²) in [4.78, 5) is 13.0. The van der Waals surface area contributed by atoms with E-state index in [4.69, 9.17) is 10.3 Å². The number of carbonyl (C=O) groups excluding carboxylic acids is 1. The first-order valence-corrected chi connectivity index (χ1v) is 3.33. The normalized spacial score (nSPS) is 9.00. The van der Waals surface area contributed by atoms with E-state index < -0.39 is 5.97 Å². The summed E-state index contributed by atoms with van der Waals surface area (Å²) in [7, 11) is 0. The SMILES string of the molecule is CC(C)COC(=O)CN=[N+]=[N-]. The van der Waals surface area contributed by atoms with Crippen molar-refractivity contribution >= 4 is 5.97 Å². The van der Waals surface area contributed by atoms with Gasteiger partial charge in [0.25, 0.3) is 0 Å². The molecule has 0 N–H and O–H groups in total. The minimum absolute atomic E-state index is 0.219. The predicted octanol–water partition coefficient (Wildman–Crippen LogP) is 1.50. The zero-order chi connectivity index (χ0) is 8.69. The van der Waals surface area contributed by atoms with E-state index in [1.165, 1.54) is 0 Å². The minimum Gasteiger partial charge on any atom is -0.465 e. The molecule has 11 heavy (non-hydrogen) atoms. The van der Waals surface area contributed by atoms with Crippen LogP contribution in [-0.2, 0) is 9.53 Å². The van der Waals surface area contributed by atoms with Gasteiger partial charge in [0.1, 0.15) is 6.54 Å². The van der Waals surface area contributed by atoms with Crippen molar-refractivity contribution in [1.82, 2.24) is 0 Å². The molecule has 0 radical (unpaired) electrons. The molecule has 0 saturated heterocycles. The van der Waals surface area contributed by atoms with Gasteiger partial charge in [-0.1, -0.05) is 19.0 Å². The number of rotatable bonds is 4. The molecule has 0 aliphatic rings. The van der Waals surface area contributed by atoms with Gasteiger partial charge in [0.05, 0.1) is 6.61 Å². The van der Waals surface area contributed by atoms with Crippen LogP contribution in [0.2, 0.25) is 0 Å². The van der Waals surface area contributed by atoms with Crippen molar-refractivity contribution in [3.8, 4) is 0 Å². The van der Waals surface area contributed by atoms with Gasteiger partial charge in [-0.2, -0.15) is 0 Å². The van der Waals surface area contributed by atoms with Crippen molar-refractivity contribution in [2.75, 3.05) is 13.2 Å². The molecule has 0 amide bonds. The summed E-state index contributed by atoms with van der Waals surface area (Å²) in [6, 6.07) is 0. The van der Waals surface area contributed by atoms with Crippen molar-refractivity contribution < 1.29 is 9.53 Å². The number of esters is 1. The van der Waals surface area contributed by atoms with Crippen molar-refractivity contribution in [2.24, 2.45) is 11.0 Å². The Morgan fingerprint density at radius 3 is 2.82 bits per heavy atom. The fourth-order valence-corrected chi connectivity index (χ4v) is 0.395. The molecular weight excluding hydrogens is 146 g/mol. The lowest BCUT2D eigenvalue weighted by atomic mass is 10.2. The molecule has 0 heterocycles. The van der Waals surface area contributed by atoms with Gasteiger partial charge in [0.2, 0.25) is 0 Å². The first-order chi connectivity index (χ1) is 5.16. The Labute approximate surface area is 65.0 Å². The van der Waals surface area contributed by atoms with Gasteiger partial charge >= 0.3 is 5.97 Å². The number of ether oxygens (including phenoxy) is 1. The predicted molar refractivity (Wildman–Crippen MR) is 39.8 cm³/mol. The topological polar surface area (TPSA) is 75.1 Å². The molecule has 0 aromatic carbocycles. The summed E-state index contributed by atoms with van der Waals surface area (Å²) in [5.41, 5.74) is 7.84. The summed E-state index contributed by atoms with van der Waals surface area (Å²) >= 11 is 0. The number of nitrogens with zero attached hydrogens (tertiary/aromatic N) is 3. The molecule has 0 bridgehead atoms. The molecule has 0 aromatic heterocycles. The Kier molecular flexibility index (Phi) is 4.94. The molecule has 0 unspecified atom stereocenters. The fraction of sp³-hybridized carbons (Fsp3) is 0.833. The quantitative estimate of drug-likeness (QED) is 0.268. The first kappa shape index (κ1) is 9.78. The summed E-state index contributed by atoms with van der Waals surface area (Å²) < 4.78 is 4.70. The molecule has 62 valence electrons. The Bertz CT molecular complexity index is 173. The van der Waals surface area contributed by atoms with Crippen LogP contribution in [0.3, 0.4) is 0 Å². The maximum absolute atomic E-state index is 10.6. The number of hydrogen-bond acceptors (Lipinski definition) is 3. The Morgan fingerprint density at radius 2 is 2.36 bits per heavy atom. The zero-order valence-corrected chi connectivity index (χ0v) is 6.65. The Morgan fingerprint density at radius 1 is 1.73 bits per heavy atom. The fourth-order valence-electron chi connectivity index (χ4n) is 0.395. The minimum atomic E-state index is -0.475. The smallest absolute Gasteiger partial charge is 0.311 e. The van der Waals surface area contributed by atoms with Crippen molar-refractivity contribution in [2.45, 2.75) is 13.8 Å². The van der Waals surface area contributed by atoms with Crippen LogP contribution >= 0.6 is 0 Å². The van der Waals surface area contributed by atoms with E-state index in [1.54, 1.807) is 0 Å². The van der Waals surface area contributed by atoms with E-state index >= 15 is 0 Å². The summed E-state index contributed by atoms with van der Waals surface area (Å²) in [5, 5.41) is 3.06. The third-order valence-corrected chi connectivity index (χ3v) is 0.841. The molecule has 0 atom stereocenters. The van der Waals surface area contributed by atoms with Crippen LogP contribution in [-0.4, -0.2) is 19.1 Å². The molecule has 5 nitrogen and oxygen atoms in total. The van der Waals surface area contributed by atoms with E-state index in [-0.39, 0.29) is 6.54 Å². The average Bonchev–Trinajstić information content (AvgIpc) is 1.97. The third kappa shape index (κ3) is 6.67. The third-order valence-electron chi connectivity index (χ3n) is 0.841. The van der Waals surface area contributed by atoms with Crippen LogP contribution in [0.4, 0.5) is 0 Å². The maximum atomic E-state index is 10.6. The lowest BCUT2D eigenvalue weighted by Crippen LogP contribution is -2.11. The van der Waals surface area contributed by atoms with Crippen molar-refractivity contribution in [1.29, 1.82) is 0 Å². The van der Waals surface area contributed by atoms with E-state index in [2.05, 4.69) is 10.0 Å². The van der Waals surface area contributed by atoms with Crippen LogP contribution in [0.5, 0.6) is 0 Å². The summed E-state index contributed by atoms with van der Waals surface area (Å²) in [6.45, 7) is 4.02. The van der Waals surface area contributed by atoms with Crippen LogP contribution in [0.25, 0.3) is 10.4 Å². The second kappa shape index (κ2) is 5.56. The summed E-state index contributed by atoms with van der Waals surface area (Å²) in [6.07, 6.45) is 0.